The zero-order valence-electron chi connectivity index (χ0n) is 11.2. The van der Waals surface area contributed by atoms with Gasteiger partial charge in [0.05, 0.1) is 11.0 Å². The summed E-state index contributed by atoms with van der Waals surface area (Å²) in [6, 6.07) is 6.88. The minimum Gasteiger partial charge on any atom is -0.263 e. The zero-order valence-corrected chi connectivity index (χ0v) is 12.0. The van der Waals surface area contributed by atoms with E-state index in [4.69, 9.17) is 4.18 Å². The maximum Gasteiger partial charge on any atom is 0.297 e. The maximum atomic E-state index is 12.3. The van der Waals surface area contributed by atoms with Gasteiger partial charge in [0, 0.05) is 0 Å². The molecular weight excluding hydrogens is 260 g/mol. The third kappa shape index (κ3) is 2.70. The van der Waals surface area contributed by atoms with Crippen LogP contribution in [0, 0.1) is 18.8 Å². The molecule has 1 aromatic carbocycles. The summed E-state index contributed by atoms with van der Waals surface area (Å²) in [5, 5.41) is 0. The molecule has 0 saturated heterocycles. The third-order valence-electron chi connectivity index (χ3n) is 4.47. The molecule has 0 radical (unpaired) electrons. The molecule has 2 fully saturated rings. The summed E-state index contributed by atoms with van der Waals surface area (Å²) in [6.45, 7) is 1.94. The van der Waals surface area contributed by atoms with E-state index in [1.807, 2.05) is 19.1 Å². The van der Waals surface area contributed by atoms with E-state index in [1.54, 1.807) is 12.1 Å². The molecule has 0 spiro atoms. The SMILES string of the molecule is Cc1ccc(S(=O)(=O)O[C@H]2C[C@@H]3CCC[C@H]2C3)cc1. The van der Waals surface area contributed by atoms with Crippen molar-refractivity contribution in [2.45, 2.75) is 50.0 Å². The lowest BCUT2D eigenvalue weighted by atomic mass is 9.89. The topological polar surface area (TPSA) is 43.4 Å². The van der Waals surface area contributed by atoms with Gasteiger partial charge < -0.3 is 0 Å². The second-order valence-electron chi connectivity index (χ2n) is 5.93. The van der Waals surface area contributed by atoms with E-state index in [-0.39, 0.29) is 11.0 Å². The molecule has 3 atom stereocenters. The molecule has 0 amide bonds. The summed E-state index contributed by atoms with van der Waals surface area (Å²) in [5.41, 5.74) is 1.05. The number of fused-ring (bicyclic) bond motifs is 2. The molecule has 3 rings (SSSR count). The fourth-order valence-corrected chi connectivity index (χ4v) is 4.59. The summed E-state index contributed by atoms with van der Waals surface area (Å²) in [6.07, 6.45) is 5.54. The first-order valence-corrected chi connectivity index (χ1v) is 8.45. The molecule has 2 saturated carbocycles. The summed E-state index contributed by atoms with van der Waals surface area (Å²) in [7, 11) is -3.60. The highest BCUT2D eigenvalue weighted by Crippen LogP contribution is 2.44. The van der Waals surface area contributed by atoms with Gasteiger partial charge >= 0.3 is 0 Å². The van der Waals surface area contributed by atoms with Crippen LogP contribution < -0.4 is 0 Å². The summed E-state index contributed by atoms with van der Waals surface area (Å²) in [4.78, 5) is 0.277. The number of hydrogen-bond donors (Lipinski definition) is 0. The quantitative estimate of drug-likeness (QED) is 0.798. The first kappa shape index (κ1) is 13.1. The first-order valence-electron chi connectivity index (χ1n) is 7.04. The van der Waals surface area contributed by atoms with E-state index >= 15 is 0 Å². The van der Waals surface area contributed by atoms with Crippen molar-refractivity contribution in [1.29, 1.82) is 0 Å². The summed E-state index contributed by atoms with van der Waals surface area (Å²) < 4.78 is 30.0. The molecule has 104 valence electrons. The van der Waals surface area contributed by atoms with Crippen molar-refractivity contribution < 1.29 is 12.6 Å². The highest BCUT2D eigenvalue weighted by Gasteiger charge is 2.40. The molecule has 2 aliphatic carbocycles. The van der Waals surface area contributed by atoms with E-state index in [9.17, 15) is 8.42 Å². The Kier molecular flexibility index (Phi) is 3.39. The fourth-order valence-electron chi connectivity index (χ4n) is 3.45. The normalized spacial score (nSPS) is 30.5. The molecule has 0 aromatic heterocycles. The molecule has 0 unspecified atom stereocenters. The Hall–Kier alpha value is -0.870. The average molecular weight is 280 g/mol. The van der Waals surface area contributed by atoms with Gasteiger partial charge in [-0.3, -0.25) is 4.18 Å². The predicted octanol–water partition coefficient (Wildman–Crippen LogP) is 3.28. The Morgan fingerprint density at radius 2 is 1.84 bits per heavy atom. The Balaban J connectivity index is 1.77. The molecule has 4 heteroatoms. The second kappa shape index (κ2) is 4.91. The van der Waals surface area contributed by atoms with Crippen molar-refractivity contribution in [1.82, 2.24) is 0 Å². The summed E-state index contributed by atoms with van der Waals surface area (Å²) >= 11 is 0. The van der Waals surface area contributed by atoms with Crippen molar-refractivity contribution in [2.75, 3.05) is 0 Å². The number of hydrogen-bond acceptors (Lipinski definition) is 3. The van der Waals surface area contributed by atoms with Crippen LogP contribution in [0.1, 0.15) is 37.7 Å². The van der Waals surface area contributed by atoms with Crippen molar-refractivity contribution >= 4 is 10.1 Å². The number of aryl methyl sites for hydroxylation is 1. The van der Waals surface area contributed by atoms with Crippen LogP contribution in [0.3, 0.4) is 0 Å². The van der Waals surface area contributed by atoms with Gasteiger partial charge in [-0.1, -0.05) is 30.5 Å². The van der Waals surface area contributed by atoms with Crippen molar-refractivity contribution in [3.63, 3.8) is 0 Å². The van der Waals surface area contributed by atoms with Crippen LogP contribution in [0.2, 0.25) is 0 Å². The fraction of sp³-hybridized carbons (Fsp3) is 0.600. The Morgan fingerprint density at radius 1 is 1.11 bits per heavy atom. The van der Waals surface area contributed by atoms with Gasteiger partial charge in [0.15, 0.2) is 0 Å². The van der Waals surface area contributed by atoms with E-state index in [1.165, 1.54) is 12.8 Å². The molecule has 0 N–H and O–H groups in total. The predicted molar refractivity (Wildman–Crippen MR) is 73.3 cm³/mol. The first-order chi connectivity index (χ1) is 9.04. The lowest BCUT2D eigenvalue weighted by Crippen LogP contribution is -2.22. The van der Waals surface area contributed by atoms with Crippen LogP contribution in [0.5, 0.6) is 0 Å². The number of benzene rings is 1. The van der Waals surface area contributed by atoms with Gasteiger partial charge in [0.2, 0.25) is 0 Å². The van der Waals surface area contributed by atoms with E-state index in [2.05, 4.69) is 0 Å². The van der Waals surface area contributed by atoms with Crippen molar-refractivity contribution in [3.8, 4) is 0 Å². The molecule has 19 heavy (non-hydrogen) atoms. The van der Waals surface area contributed by atoms with Gasteiger partial charge in [-0.2, -0.15) is 8.42 Å². The summed E-state index contributed by atoms with van der Waals surface area (Å²) in [5.74, 6) is 1.12. The highest BCUT2D eigenvalue weighted by molar-refractivity contribution is 7.86. The van der Waals surface area contributed by atoms with Gasteiger partial charge in [0.1, 0.15) is 0 Å². The lowest BCUT2D eigenvalue weighted by Gasteiger charge is -2.20. The molecule has 0 aliphatic heterocycles. The molecule has 3 nitrogen and oxygen atoms in total. The largest absolute Gasteiger partial charge is 0.297 e. The third-order valence-corrected chi connectivity index (χ3v) is 5.82. The van der Waals surface area contributed by atoms with Crippen LogP contribution in [0.4, 0.5) is 0 Å². The Bertz CT molecular complexity index is 547. The van der Waals surface area contributed by atoms with Crippen LogP contribution in [-0.4, -0.2) is 14.5 Å². The highest BCUT2D eigenvalue weighted by atomic mass is 32.2. The average Bonchev–Trinajstić information content (AvgIpc) is 2.64. The maximum absolute atomic E-state index is 12.3. The molecule has 2 bridgehead atoms. The van der Waals surface area contributed by atoms with Crippen LogP contribution in [-0.2, 0) is 14.3 Å². The standard InChI is InChI=1S/C15H20O3S/c1-11-5-7-14(8-6-11)19(16,17)18-15-10-12-3-2-4-13(15)9-12/h5-8,12-13,15H,2-4,9-10H2,1H3/t12-,13+,15+/m1/s1. The van der Waals surface area contributed by atoms with Crippen LogP contribution in [0.15, 0.2) is 29.2 Å². The van der Waals surface area contributed by atoms with E-state index in [0.717, 1.165) is 24.8 Å². The van der Waals surface area contributed by atoms with Gasteiger partial charge in [0.25, 0.3) is 10.1 Å². The Labute approximate surface area is 115 Å². The van der Waals surface area contributed by atoms with Crippen molar-refractivity contribution in [2.24, 2.45) is 11.8 Å². The minimum atomic E-state index is -3.60. The molecular formula is C15H20O3S. The molecule has 1 aromatic rings. The number of rotatable bonds is 3. The molecule has 0 heterocycles. The zero-order chi connectivity index (χ0) is 13.5. The van der Waals surface area contributed by atoms with Crippen molar-refractivity contribution in [3.05, 3.63) is 29.8 Å². The smallest absolute Gasteiger partial charge is 0.263 e. The monoisotopic (exact) mass is 280 g/mol. The van der Waals surface area contributed by atoms with E-state index in [0.29, 0.717) is 11.8 Å². The van der Waals surface area contributed by atoms with Gasteiger partial charge in [-0.15, -0.1) is 0 Å². The second-order valence-corrected chi connectivity index (χ2v) is 7.50. The molecule has 2 aliphatic rings. The van der Waals surface area contributed by atoms with Gasteiger partial charge in [-0.25, -0.2) is 0 Å². The lowest BCUT2D eigenvalue weighted by molar-refractivity contribution is 0.162. The van der Waals surface area contributed by atoms with Crippen LogP contribution >= 0.6 is 0 Å². The Morgan fingerprint density at radius 3 is 2.53 bits per heavy atom. The minimum absolute atomic E-state index is 0.0983. The van der Waals surface area contributed by atoms with Crippen LogP contribution in [0.25, 0.3) is 0 Å². The van der Waals surface area contributed by atoms with Gasteiger partial charge in [-0.05, 0) is 50.2 Å². The van der Waals surface area contributed by atoms with E-state index < -0.39 is 10.1 Å².